The van der Waals surface area contributed by atoms with E-state index in [9.17, 15) is 4.79 Å². The van der Waals surface area contributed by atoms with Gasteiger partial charge in [-0.1, -0.05) is 39.8 Å². The molecule has 0 fully saturated rings. The number of fused-ring (bicyclic) bond motifs is 2. The standard InChI is InChI=1S/C18H19N3O.C18H23N3/c1-12(2)5-7-14-8-6-13(10-20-14)17(22)16-11-21-18-15(16)4-3-9-19-18;1-13(2)5-7-16-8-6-14(11-20-16)10-15-12-21-18-17(15)4-3-9-19-18/h3-4,6,8-12H,5,7H2,1-2H3,(H,19,21);3-4,6,8-9,11,13,15H,5,7,10,12H2,1-2H3,(H,19,21). The molecule has 6 rings (SSSR count). The van der Waals surface area contributed by atoms with Crippen molar-refractivity contribution in [2.45, 2.75) is 65.7 Å². The monoisotopic (exact) mass is 574 g/mol. The van der Waals surface area contributed by atoms with Gasteiger partial charge in [0, 0.05) is 71.3 Å². The zero-order valence-corrected chi connectivity index (χ0v) is 25.7. The van der Waals surface area contributed by atoms with Gasteiger partial charge in [-0.25, -0.2) is 9.97 Å². The molecule has 43 heavy (non-hydrogen) atoms. The van der Waals surface area contributed by atoms with Crippen molar-refractivity contribution in [3.63, 3.8) is 0 Å². The Morgan fingerprint density at radius 3 is 2.21 bits per heavy atom. The number of carbonyl (C=O) groups is 1. The molecule has 6 heterocycles. The molecule has 1 atom stereocenters. The molecule has 1 aliphatic heterocycles. The first-order valence-corrected chi connectivity index (χ1v) is 15.4. The largest absolute Gasteiger partial charge is 0.369 e. The Morgan fingerprint density at radius 1 is 0.837 bits per heavy atom. The number of nitrogens with one attached hydrogen (secondary N) is 2. The van der Waals surface area contributed by atoms with Crippen LogP contribution in [0.4, 0.5) is 5.82 Å². The molecule has 0 aromatic carbocycles. The third-order valence-electron chi connectivity index (χ3n) is 7.90. The van der Waals surface area contributed by atoms with Crippen molar-refractivity contribution in [2.75, 3.05) is 11.9 Å². The predicted octanol–water partition coefficient (Wildman–Crippen LogP) is 7.59. The number of hydrogen-bond acceptors (Lipinski definition) is 6. The summed E-state index contributed by atoms with van der Waals surface area (Å²) < 4.78 is 0. The van der Waals surface area contributed by atoms with Crippen LogP contribution < -0.4 is 5.32 Å². The number of ketones is 1. The maximum Gasteiger partial charge on any atom is 0.196 e. The van der Waals surface area contributed by atoms with Gasteiger partial charge in [-0.2, -0.15) is 0 Å². The van der Waals surface area contributed by atoms with Crippen molar-refractivity contribution >= 4 is 22.6 Å². The van der Waals surface area contributed by atoms with Gasteiger partial charge in [0.2, 0.25) is 0 Å². The van der Waals surface area contributed by atoms with Crippen molar-refractivity contribution in [1.29, 1.82) is 0 Å². The average Bonchev–Trinajstić information content (AvgIpc) is 3.64. The second-order valence-electron chi connectivity index (χ2n) is 12.2. The minimum Gasteiger partial charge on any atom is -0.369 e. The first-order valence-electron chi connectivity index (χ1n) is 15.4. The van der Waals surface area contributed by atoms with E-state index in [1.807, 2.05) is 42.7 Å². The summed E-state index contributed by atoms with van der Waals surface area (Å²) in [5, 5.41) is 4.23. The van der Waals surface area contributed by atoms with Crippen LogP contribution in [0, 0.1) is 11.8 Å². The molecule has 0 spiro atoms. The van der Waals surface area contributed by atoms with Gasteiger partial charge >= 0.3 is 0 Å². The molecular weight excluding hydrogens is 532 g/mol. The van der Waals surface area contributed by atoms with Crippen molar-refractivity contribution in [3.05, 3.63) is 113 Å². The number of aryl methyl sites for hydroxylation is 2. The van der Waals surface area contributed by atoms with Gasteiger partial charge < -0.3 is 10.3 Å². The van der Waals surface area contributed by atoms with Crippen LogP contribution in [0.5, 0.6) is 0 Å². The van der Waals surface area contributed by atoms with E-state index in [0.29, 0.717) is 23.0 Å². The van der Waals surface area contributed by atoms with Crippen LogP contribution in [0.3, 0.4) is 0 Å². The quantitative estimate of drug-likeness (QED) is 0.167. The minimum absolute atomic E-state index is 0.0258. The van der Waals surface area contributed by atoms with Gasteiger partial charge in [0.15, 0.2) is 5.78 Å². The van der Waals surface area contributed by atoms with Crippen LogP contribution in [0.15, 0.2) is 79.5 Å². The van der Waals surface area contributed by atoms with Gasteiger partial charge in [-0.3, -0.25) is 14.8 Å². The van der Waals surface area contributed by atoms with Crippen molar-refractivity contribution < 1.29 is 4.79 Å². The van der Waals surface area contributed by atoms with E-state index in [1.165, 1.54) is 23.2 Å². The van der Waals surface area contributed by atoms with Crippen LogP contribution in [-0.4, -0.2) is 37.2 Å². The lowest BCUT2D eigenvalue weighted by Crippen LogP contribution is -2.06. The molecule has 222 valence electrons. The Hall–Kier alpha value is -4.39. The number of H-pyrrole nitrogens is 1. The molecule has 5 aromatic heterocycles. The van der Waals surface area contributed by atoms with E-state index in [2.05, 4.69) is 76.1 Å². The van der Waals surface area contributed by atoms with Crippen molar-refractivity contribution in [1.82, 2.24) is 24.9 Å². The lowest BCUT2D eigenvalue weighted by Gasteiger charge is -2.10. The Bertz CT molecular complexity index is 1620. The number of carbonyl (C=O) groups excluding carboxylic acids is 1. The molecular formula is C36H42N6O. The van der Waals surface area contributed by atoms with Crippen LogP contribution in [0.2, 0.25) is 0 Å². The molecule has 0 saturated carbocycles. The highest BCUT2D eigenvalue weighted by Crippen LogP contribution is 2.31. The first kappa shape index (κ1) is 30.1. The number of anilines is 1. The number of aromatic amines is 1. The minimum atomic E-state index is -0.0258. The van der Waals surface area contributed by atoms with Gasteiger partial charge in [-0.15, -0.1) is 0 Å². The highest BCUT2D eigenvalue weighted by molar-refractivity contribution is 6.15. The fraction of sp³-hybridized carbons (Fsp3) is 0.361. The first-order chi connectivity index (χ1) is 20.9. The number of aromatic nitrogens is 5. The molecule has 0 bridgehead atoms. The Labute approximate surface area is 254 Å². The van der Waals surface area contributed by atoms with Gasteiger partial charge in [0.25, 0.3) is 0 Å². The summed E-state index contributed by atoms with van der Waals surface area (Å²) in [6.07, 6.45) is 14.4. The van der Waals surface area contributed by atoms with Crippen LogP contribution in [-0.2, 0) is 19.3 Å². The summed E-state index contributed by atoms with van der Waals surface area (Å²) in [5.41, 5.74) is 6.86. The Kier molecular flexibility index (Phi) is 9.92. The number of pyridine rings is 4. The van der Waals surface area contributed by atoms with E-state index in [1.54, 1.807) is 18.6 Å². The highest BCUT2D eigenvalue weighted by atomic mass is 16.1. The SMILES string of the molecule is CC(C)CCc1ccc(C(=O)c2c[nH]c3ncccc23)cn1.CC(C)CCc1ccc(CC2CNc3ncccc32)cn1. The zero-order chi connectivity index (χ0) is 30.2. The van der Waals surface area contributed by atoms with E-state index < -0.39 is 0 Å². The van der Waals surface area contributed by atoms with E-state index in [0.717, 1.165) is 60.7 Å². The maximum atomic E-state index is 12.6. The molecule has 0 aliphatic carbocycles. The maximum absolute atomic E-state index is 12.6. The molecule has 1 unspecified atom stereocenters. The summed E-state index contributed by atoms with van der Waals surface area (Å²) >= 11 is 0. The Morgan fingerprint density at radius 2 is 1.53 bits per heavy atom. The fourth-order valence-corrected chi connectivity index (χ4v) is 5.29. The lowest BCUT2D eigenvalue weighted by molar-refractivity contribution is 0.104. The smallest absolute Gasteiger partial charge is 0.196 e. The average molecular weight is 575 g/mol. The lowest BCUT2D eigenvalue weighted by atomic mass is 9.95. The highest BCUT2D eigenvalue weighted by Gasteiger charge is 2.23. The molecule has 0 radical (unpaired) electrons. The summed E-state index contributed by atoms with van der Waals surface area (Å²) in [7, 11) is 0. The second kappa shape index (κ2) is 14.2. The van der Waals surface area contributed by atoms with Crippen molar-refractivity contribution in [3.8, 4) is 0 Å². The molecule has 0 saturated heterocycles. The summed E-state index contributed by atoms with van der Waals surface area (Å²) in [6.45, 7) is 9.88. The third-order valence-corrected chi connectivity index (χ3v) is 7.90. The van der Waals surface area contributed by atoms with Crippen LogP contribution in [0.1, 0.15) is 84.9 Å². The normalized spacial score (nSPS) is 14.0. The predicted molar refractivity (Wildman–Crippen MR) is 173 cm³/mol. The fourth-order valence-electron chi connectivity index (χ4n) is 5.29. The summed E-state index contributed by atoms with van der Waals surface area (Å²) in [4.78, 5) is 33.3. The Balaban J connectivity index is 0.000000171. The van der Waals surface area contributed by atoms with Gasteiger partial charge in [0.05, 0.1) is 0 Å². The zero-order valence-electron chi connectivity index (χ0n) is 25.7. The summed E-state index contributed by atoms with van der Waals surface area (Å²) in [6, 6.07) is 16.2. The third kappa shape index (κ3) is 7.92. The summed E-state index contributed by atoms with van der Waals surface area (Å²) in [5.74, 6) is 2.92. The van der Waals surface area contributed by atoms with E-state index in [4.69, 9.17) is 0 Å². The number of hydrogen-bond donors (Lipinski definition) is 2. The second-order valence-corrected chi connectivity index (χ2v) is 12.2. The number of rotatable bonds is 10. The van der Waals surface area contributed by atoms with Crippen LogP contribution >= 0.6 is 0 Å². The van der Waals surface area contributed by atoms with Gasteiger partial charge in [-0.05, 0) is 91.5 Å². The van der Waals surface area contributed by atoms with E-state index in [-0.39, 0.29) is 5.78 Å². The van der Waals surface area contributed by atoms with Crippen molar-refractivity contribution in [2.24, 2.45) is 11.8 Å². The topological polar surface area (TPSA) is 96.5 Å². The molecule has 7 heteroatoms. The van der Waals surface area contributed by atoms with Crippen LogP contribution in [0.25, 0.3) is 11.0 Å². The molecule has 2 N–H and O–H groups in total. The molecule has 7 nitrogen and oxygen atoms in total. The number of nitrogens with zero attached hydrogens (tertiary/aromatic N) is 4. The molecule has 5 aromatic rings. The molecule has 1 aliphatic rings. The molecule has 0 amide bonds. The van der Waals surface area contributed by atoms with Gasteiger partial charge in [0.1, 0.15) is 11.5 Å². The van der Waals surface area contributed by atoms with E-state index >= 15 is 0 Å².